The summed E-state index contributed by atoms with van der Waals surface area (Å²) in [5.74, 6) is -0.0216. The molecule has 1 aliphatic heterocycles. The Hall–Kier alpha value is -2.04. The van der Waals surface area contributed by atoms with Crippen molar-refractivity contribution in [3.63, 3.8) is 0 Å². The zero-order valence-corrected chi connectivity index (χ0v) is 15.1. The Morgan fingerprint density at radius 3 is 2.36 bits per heavy atom. The number of likely N-dealkylation sites (N-methyl/N-ethyl adjacent to an activating group) is 1. The molecule has 0 spiro atoms. The third-order valence-electron chi connectivity index (χ3n) is 4.09. The maximum absolute atomic E-state index is 12.7. The van der Waals surface area contributed by atoms with E-state index in [1.165, 1.54) is 33.5 Å². The van der Waals surface area contributed by atoms with Gasteiger partial charge >= 0.3 is 0 Å². The van der Waals surface area contributed by atoms with Crippen molar-refractivity contribution in [3.05, 3.63) is 34.4 Å². The fourth-order valence-electron chi connectivity index (χ4n) is 2.57. The number of rotatable bonds is 5. The van der Waals surface area contributed by atoms with Crippen LogP contribution in [-0.2, 0) is 14.8 Å². The molecule has 0 N–H and O–H groups in total. The van der Waals surface area contributed by atoms with Crippen LogP contribution in [-0.4, -0.2) is 80.2 Å². The van der Waals surface area contributed by atoms with Gasteiger partial charge in [0, 0.05) is 45.9 Å². The summed E-state index contributed by atoms with van der Waals surface area (Å²) < 4.78 is 26.8. The first-order valence-electron chi connectivity index (χ1n) is 7.89. The molecule has 0 aromatic heterocycles. The number of carbonyl (C=O) groups is 1. The van der Waals surface area contributed by atoms with Crippen LogP contribution in [0.3, 0.4) is 0 Å². The maximum Gasteiger partial charge on any atom is 0.269 e. The van der Waals surface area contributed by atoms with E-state index in [0.717, 1.165) is 0 Å². The largest absolute Gasteiger partial charge is 0.348 e. The second-order valence-corrected chi connectivity index (χ2v) is 8.01. The minimum Gasteiger partial charge on any atom is -0.348 e. The van der Waals surface area contributed by atoms with Gasteiger partial charge in [-0.05, 0) is 25.1 Å². The van der Waals surface area contributed by atoms with Crippen LogP contribution in [0.2, 0.25) is 0 Å². The zero-order valence-electron chi connectivity index (χ0n) is 14.3. The Morgan fingerprint density at radius 1 is 1.16 bits per heavy atom. The summed E-state index contributed by atoms with van der Waals surface area (Å²) in [6, 6.07) is 4.89. The van der Waals surface area contributed by atoms with E-state index < -0.39 is 14.9 Å². The van der Waals surface area contributed by atoms with E-state index in [4.69, 9.17) is 0 Å². The molecule has 0 atom stereocenters. The highest BCUT2D eigenvalue weighted by Gasteiger charge is 2.28. The smallest absolute Gasteiger partial charge is 0.269 e. The van der Waals surface area contributed by atoms with E-state index in [-0.39, 0.29) is 29.6 Å². The molecular weight excluding hydrogens is 348 g/mol. The average Bonchev–Trinajstić information content (AvgIpc) is 2.81. The van der Waals surface area contributed by atoms with Gasteiger partial charge in [-0.3, -0.25) is 19.8 Å². The summed E-state index contributed by atoms with van der Waals surface area (Å²) in [5.41, 5.74) is -0.150. The van der Waals surface area contributed by atoms with Gasteiger partial charge in [0.15, 0.2) is 0 Å². The van der Waals surface area contributed by atoms with Crippen LogP contribution < -0.4 is 0 Å². The van der Waals surface area contributed by atoms with E-state index in [2.05, 4.69) is 0 Å². The Bertz CT molecular complexity index is 733. The molecule has 1 saturated heterocycles. The van der Waals surface area contributed by atoms with Gasteiger partial charge in [0.1, 0.15) is 0 Å². The summed E-state index contributed by atoms with van der Waals surface area (Å²) >= 11 is 0. The van der Waals surface area contributed by atoms with Crippen LogP contribution in [0.4, 0.5) is 5.69 Å². The van der Waals surface area contributed by atoms with Crippen LogP contribution in [0.25, 0.3) is 0 Å². The number of amides is 1. The minimum atomic E-state index is -3.71. The average molecular weight is 370 g/mol. The molecule has 138 valence electrons. The lowest BCUT2D eigenvalue weighted by Gasteiger charge is -2.22. The lowest BCUT2D eigenvalue weighted by atomic mass is 10.3. The number of nitro benzene ring substituents is 1. The van der Waals surface area contributed by atoms with Crippen LogP contribution in [0, 0.1) is 10.1 Å². The van der Waals surface area contributed by atoms with Gasteiger partial charge < -0.3 is 4.90 Å². The highest BCUT2D eigenvalue weighted by Crippen LogP contribution is 2.20. The normalized spacial score (nSPS) is 17.0. The quantitative estimate of drug-likeness (QED) is 0.548. The Labute approximate surface area is 147 Å². The van der Waals surface area contributed by atoms with Crippen molar-refractivity contribution >= 4 is 21.6 Å². The van der Waals surface area contributed by atoms with Crippen molar-refractivity contribution < 1.29 is 18.1 Å². The molecule has 0 bridgehead atoms. The van der Waals surface area contributed by atoms with Gasteiger partial charge in [-0.1, -0.05) is 0 Å². The van der Waals surface area contributed by atoms with E-state index in [0.29, 0.717) is 26.1 Å². The molecule has 0 radical (unpaired) electrons. The van der Waals surface area contributed by atoms with E-state index in [1.807, 2.05) is 4.90 Å². The molecule has 2 rings (SSSR count). The highest BCUT2D eigenvalue weighted by atomic mass is 32.2. The first-order chi connectivity index (χ1) is 11.7. The summed E-state index contributed by atoms with van der Waals surface area (Å²) in [7, 11) is -0.335. The fraction of sp³-hybridized carbons (Fsp3) is 0.533. The summed E-state index contributed by atoms with van der Waals surface area (Å²) in [6.45, 7) is 2.00. The Balaban J connectivity index is 2.07. The van der Waals surface area contributed by atoms with Crippen molar-refractivity contribution in [2.24, 2.45) is 0 Å². The maximum atomic E-state index is 12.7. The molecule has 9 nitrogen and oxygen atoms in total. The second kappa shape index (κ2) is 7.89. The fourth-order valence-corrected chi connectivity index (χ4v) is 4.04. The first kappa shape index (κ1) is 19.3. The molecule has 0 unspecified atom stereocenters. The third kappa shape index (κ3) is 4.74. The summed E-state index contributed by atoms with van der Waals surface area (Å²) in [4.78, 5) is 25.4. The molecule has 25 heavy (non-hydrogen) atoms. The number of nitro groups is 1. The van der Waals surface area contributed by atoms with E-state index in [1.54, 1.807) is 14.1 Å². The van der Waals surface area contributed by atoms with Crippen LogP contribution in [0.1, 0.15) is 6.42 Å². The van der Waals surface area contributed by atoms with Crippen LogP contribution in [0.15, 0.2) is 29.2 Å². The van der Waals surface area contributed by atoms with Gasteiger partial charge in [-0.25, -0.2) is 8.42 Å². The number of benzene rings is 1. The molecule has 0 aliphatic carbocycles. The van der Waals surface area contributed by atoms with Crippen molar-refractivity contribution in [1.29, 1.82) is 0 Å². The van der Waals surface area contributed by atoms with E-state index >= 15 is 0 Å². The van der Waals surface area contributed by atoms with Crippen molar-refractivity contribution in [3.8, 4) is 0 Å². The molecule has 0 saturated carbocycles. The SMILES string of the molecule is CN(C)C(=O)CN1CCCN(S(=O)(=O)c2ccc([N+](=O)[O-])cc2)CC1. The minimum absolute atomic E-state index is 0.0216. The zero-order chi connectivity index (χ0) is 18.6. The van der Waals surface area contributed by atoms with Gasteiger partial charge in [0.05, 0.1) is 16.4 Å². The van der Waals surface area contributed by atoms with Crippen molar-refractivity contribution in [2.75, 3.05) is 46.8 Å². The number of nitrogens with zero attached hydrogens (tertiary/aromatic N) is 4. The van der Waals surface area contributed by atoms with Crippen molar-refractivity contribution in [1.82, 2.24) is 14.1 Å². The summed E-state index contributed by atoms with van der Waals surface area (Å²) in [5, 5.41) is 10.7. The number of sulfonamides is 1. The monoisotopic (exact) mass is 370 g/mol. The Morgan fingerprint density at radius 2 is 1.80 bits per heavy atom. The van der Waals surface area contributed by atoms with Gasteiger partial charge in [0.25, 0.3) is 5.69 Å². The number of non-ortho nitro benzene ring substituents is 1. The number of hydrogen-bond donors (Lipinski definition) is 0. The molecular formula is C15H22N4O5S. The summed E-state index contributed by atoms with van der Waals surface area (Å²) in [6.07, 6.45) is 0.618. The molecule has 10 heteroatoms. The Kier molecular flexibility index (Phi) is 6.09. The molecule has 1 aromatic carbocycles. The van der Waals surface area contributed by atoms with Gasteiger partial charge in [-0.15, -0.1) is 0 Å². The van der Waals surface area contributed by atoms with Gasteiger partial charge in [0.2, 0.25) is 15.9 Å². The molecule has 1 aromatic rings. The van der Waals surface area contributed by atoms with Crippen LogP contribution in [0.5, 0.6) is 0 Å². The predicted octanol–water partition coefficient (Wildman–Crippen LogP) is 0.379. The predicted molar refractivity (Wildman–Crippen MR) is 91.6 cm³/mol. The third-order valence-corrected chi connectivity index (χ3v) is 6.00. The van der Waals surface area contributed by atoms with Crippen molar-refractivity contribution in [2.45, 2.75) is 11.3 Å². The van der Waals surface area contributed by atoms with E-state index in [9.17, 15) is 23.3 Å². The van der Waals surface area contributed by atoms with Gasteiger partial charge in [-0.2, -0.15) is 4.31 Å². The number of hydrogen-bond acceptors (Lipinski definition) is 6. The topological polar surface area (TPSA) is 104 Å². The first-order valence-corrected chi connectivity index (χ1v) is 9.33. The number of carbonyl (C=O) groups excluding carboxylic acids is 1. The highest BCUT2D eigenvalue weighted by molar-refractivity contribution is 7.89. The molecule has 1 aliphatic rings. The van der Waals surface area contributed by atoms with Crippen LogP contribution >= 0.6 is 0 Å². The molecule has 1 fully saturated rings. The molecule has 1 amide bonds. The second-order valence-electron chi connectivity index (χ2n) is 6.07. The lowest BCUT2D eigenvalue weighted by molar-refractivity contribution is -0.384. The lowest BCUT2D eigenvalue weighted by Crippen LogP contribution is -2.39. The molecule has 1 heterocycles. The standard InChI is InChI=1S/C15H22N4O5S/c1-16(2)15(20)12-17-8-3-9-18(11-10-17)25(23,24)14-6-4-13(5-7-14)19(21)22/h4-7H,3,8-12H2,1-2H3.